The van der Waals surface area contributed by atoms with Crippen LogP contribution in [0.5, 0.6) is 0 Å². The van der Waals surface area contributed by atoms with Gasteiger partial charge in [0.15, 0.2) is 6.61 Å². The number of halogens is 1. The Bertz CT molecular complexity index is 742. The van der Waals surface area contributed by atoms with E-state index in [0.717, 1.165) is 16.1 Å². The lowest BCUT2D eigenvalue weighted by molar-refractivity contribution is -0.384. The van der Waals surface area contributed by atoms with Crippen molar-refractivity contribution in [1.29, 1.82) is 0 Å². The summed E-state index contributed by atoms with van der Waals surface area (Å²) in [6.07, 6.45) is 0.0511. The maximum absolute atomic E-state index is 11.9. The molecule has 0 aliphatic carbocycles. The molecule has 0 unspecified atom stereocenters. The Hall–Kier alpha value is -2.54. The molecular formula is C16H12BrNO5. The highest BCUT2D eigenvalue weighted by molar-refractivity contribution is 9.10. The van der Waals surface area contributed by atoms with Crippen LogP contribution in [0.3, 0.4) is 0 Å². The zero-order chi connectivity index (χ0) is 16.8. The van der Waals surface area contributed by atoms with Gasteiger partial charge >= 0.3 is 5.97 Å². The molecule has 0 fully saturated rings. The van der Waals surface area contributed by atoms with E-state index in [-0.39, 0.29) is 17.7 Å². The minimum Gasteiger partial charge on any atom is -0.457 e. The van der Waals surface area contributed by atoms with Crippen LogP contribution in [0.2, 0.25) is 0 Å². The molecule has 0 heterocycles. The number of nitro benzene ring substituents is 1. The van der Waals surface area contributed by atoms with E-state index in [9.17, 15) is 19.7 Å². The molecule has 2 rings (SSSR count). The summed E-state index contributed by atoms with van der Waals surface area (Å²) in [7, 11) is 0. The summed E-state index contributed by atoms with van der Waals surface area (Å²) in [4.78, 5) is 33.7. The minimum absolute atomic E-state index is 0.0511. The molecule has 0 saturated carbocycles. The van der Waals surface area contributed by atoms with Crippen LogP contribution in [-0.2, 0) is 16.0 Å². The molecule has 0 saturated heterocycles. The number of hydrogen-bond acceptors (Lipinski definition) is 5. The molecule has 0 radical (unpaired) electrons. The fourth-order valence-electron chi connectivity index (χ4n) is 1.84. The van der Waals surface area contributed by atoms with E-state index in [4.69, 9.17) is 4.74 Å². The summed E-state index contributed by atoms with van der Waals surface area (Å²) in [5.74, 6) is -1.02. The van der Waals surface area contributed by atoms with Crippen molar-refractivity contribution in [2.24, 2.45) is 0 Å². The number of carbonyl (C=O) groups is 2. The molecule has 7 heteroatoms. The molecule has 2 aromatic carbocycles. The van der Waals surface area contributed by atoms with Gasteiger partial charge in [0, 0.05) is 22.2 Å². The fraction of sp³-hybridized carbons (Fsp3) is 0.125. The summed E-state index contributed by atoms with van der Waals surface area (Å²) in [6, 6.07) is 12.4. The van der Waals surface area contributed by atoms with Crippen molar-refractivity contribution in [3.8, 4) is 0 Å². The zero-order valence-electron chi connectivity index (χ0n) is 11.9. The highest BCUT2D eigenvalue weighted by atomic mass is 79.9. The number of ketones is 1. The second kappa shape index (κ2) is 7.64. The summed E-state index contributed by atoms with van der Waals surface area (Å²) < 4.78 is 5.82. The van der Waals surface area contributed by atoms with Gasteiger partial charge in [-0.25, -0.2) is 0 Å². The van der Waals surface area contributed by atoms with Crippen LogP contribution in [0.15, 0.2) is 53.0 Å². The molecule has 2 aromatic rings. The standard InChI is InChI=1S/C16H12BrNO5/c17-13-6-4-11(5-7-13)8-16(20)23-10-15(19)12-2-1-3-14(9-12)18(21)22/h1-7,9H,8,10H2. The number of nitrogens with zero attached hydrogens (tertiary/aromatic N) is 1. The SMILES string of the molecule is O=C(Cc1ccc(Br)cc1)OCC(=O)c1cccc([N+](=O)[O-])c1. The zero-order valence-corrected chi connectivity index (χ0v) is 13.5. The average Bonchev–Trinajstić information content (AvgIpc) is 2.55. The molecule has 0 spiro atoms. The molecular weight excluding hydrogens is 366 g/mol. The van der Waals surface area contributed by atoms with Gasteiger partial charge in [-0.3, -0.25) is 19.7 Å². The van der Waals surface area contributed by atoms with Crippen molar-refractivity contribution in [2.75, 3.05) is 6.61 Å². The lowest BCUT2D eigenvalue weighted by Crippen LogP contribution is -2.15. The predicted octanol–water partition coefficient (Wildman–Crippen LogP) is 3.33. The molecule has 0 aromatic heterocycles. The smallest absolute Gasteiger partial charge is 0.310 e. The Morgan fingerprint density at radius 1 is 1.13 bits per heavy atom. The molecule has 23 heavy (non-hydrogen) atoms. The van der Waals surface area contributed by atoms with Crippen LogP contribution < -0.4 is 0 Å². The normalized spacial score (nSPS) is 10.1. The molecule has 0 amide bonds. The molecule has 0 atom stereocenters. The number of ether oxygens (including phenoxy) is 1. The van der Waals surface area contributed by atoms with E-state index in [2.05, 4.69) is 15.9 Å². The Balaban J connectivity index is 1.91. The van der Waals surface area contributed by atoms with E-state index in [0.29, 0.717) is 0 Å². The first-order chi connectivity index (χ1) is 11.0. The van der Waals surface area contributed by atoms with Crippen LogP contribution in [0, 0.1) is 10.1 Å². The lowest BCUT2D eigenvalue weighted by Gasteiger charge is -2.05. The summed E-state index contributed by atoms with van der Waals surface area (Å²) >= 11 is 3.29. The van der Waals surface area contributed by atoms with Gasteiger partial charge in [0.25, 0.3) is 5.69 Å². The third-order valence-corrected chi connectivity index (χ3v) is 3.53. The van der Waals surface area contributed by atoms with E-state index in [1.165, 1.54) is 18.2 Å². The quantitative estimate of drug-likeness (QED) is 0.333. The van der Waals surface area contributed by atoms with Crippen molar-refractivity contribution in [1.82, 2.24) is 0 Å². The van der Waals surface area contributed by atoms with Gasteiger partial charge < -0.3 is 4.74 Å². The van der Waals surface area contributed by atoms with Gasteiger partial charge in [-0.15, -0.1) is 0 Å². The van der Waals surface area contributed by atoms with E-state index >= 15 is 0 Å². The Kier molecular flexibility index (Phi) is 5.59. The Morgan fingerprint density at radius 2 is 1.83 bits per heavy atom. The maximum Gasteiger partial charge on any atom is 0.310 e. The van der Waals surface area contributed by atoms with Crippen LogP contribution in [0.4, 0.5) is 5.69 Å². The molecule has 118 valence electrons. The second-order valence-corrected chi connectivity index (χ2v) is 5.61. The van der Waals surface area contributed by atoms with E-state index in [1.807, 2.05) is 0 Å². The summed E-state index contributed by atoms with van der Waals surface area (Å²) in [6.45, 7) is -0.448. The van der Waals surface area contributed by atoms with Crippen LogP contribution in [-0.4, -0.2) is 23.3 Å². The highest BCUT2D eigenvalue weighted by Crippen LogP contribution is 2.14. The van der Waals surface area contributed by atoms with Crippen molar-refractivity contribution in [3.63, 3.8) is 0 Å². The van der Waals surface area contributed by atoms with Gasteiger partial charge in [0.05, 0.1) is 11.3 Å². The number of rotatable bonds is 6. The first-order valence-corrected chi connectivity index (χ1v) is 7.43. The summed E-state index contributed by atoms with van der Waals surface area (Å²) in [5, 5.41) is 10.7. The largest absolute Gasteiger partial charge is 0.457 e. The van der Waals surface area contributed by atoms with Gasteiger partial charge in [0.1, 0.15) is 0 Å². The number of carbonyl (C=O) groups excluding carboxylic acids is 2. The van der Waals surface area contributed by atoms with Gasteiger partial charge in [-0.05, 0) is 17.7 Å². The molecule has 0 N–H and O–H groups in total. The van der Waals surface area contributed by atoms with Gasteiger partial charge in [-0.1, -0.05) is 40.2 Å². The fourth-order valence-corrected chi connectivity index (χ4v) is 2.11. The number of esters is 1. The minimum atomic E-state index is -0.587. The third-order valence-electron chi connectivity index (χ3n) is 3.00. The Morgan fingerprint density at radius 3 is 2.48 bits per heavy atom. The summed E-state index contributed by atoms with van der Waals surface area (Å²) in [5.41, 5.74) is 0.716. The topological polar surface area (TPSA) is 86.5 Å². The third kappa shape index (κ3) is 5.00. The lowest BCUT2D eigenvalue weighted by atomic mass is 10.1. The highest BCUT2D eigenvalue weighted by Gasteiger charge is 2.14. The number of Topliss-reactive ketones (excluding diaryl/α,β-unsaturated/α-hetero) is 1. The Labute approximate surface area is 140 Å². The maximum atomic E-state index is 11.9. The second-order valence-electron chi connectivity index (χ2n) is 4.69. The van der Waals surface area contributed by atoms with Crippen molar-refractivity contribution < 1.29 is 19.2 Å². The molecule has 0 bridgehead atoms. The van der Waals surface area contributed by atoms with Gasteiger partial charge in [0.2, 0.25) is 5.78 Å². The number of non-ortho nitro benzene ring substituents is 1. The van der Waals surface area contributed by atoms with Crippen molar-refractivity contribution in [3.05, 3.63) is 74.2 Å². The van der Waals surface area contributed by atoms with Gasteiger partial charge in [-0.2, -0.15) is 0 Å². The molecule has 0 aliphatic heterocycles. The first-order valence-electron chi connectivity index (χ1n) is 6.63. The van der Waals surface area contributed by atoms with Crippen molar-refractivity contribution >= 4 is 33.4 Å². The van der Waals surface area contributed by atoms with E-state index < -0.39 is 23.3 Å². The van der Waals surface area contributed by atoms with E-state index in [1.54, 1.807) is 24.3 Å². The number of hydrogen-bond donors (Lipinski definition) is 0. The van der Waals surface area contributed by atoms with Crippen LogP contribution in [0.1, 0.15) is 15.9 Å². The van der Waals surface area contributed by atoms with Crippen molar-refractivity contribution in [2.45, 2.75) is 6.42 Å². The number of benzene rings is 2. The molecule has 6 nitrogen and oxygen atoms in total. The van der Waals surface area contributed by atoms with Crippen LogP contribution >= 0.6 is 15.9 Å². The monoisotopic (exact) mass is 377 g/mol. The predicted molar refractivity (Wildman–Crippen MR) is 86.2 cm³/mol. The van der Waals surface area contributed by atoms with Crippen LogP contribution in [0.25, 0.3) is 0 Å². The number of nitro groups is 1. The first kappa shape index (κ1) is 16.8. The average molecular weight is 378 g/mol. The molecule has 0 aliphatic rings.